The molecule has 0 unspecified atom stereocenters. The molecular weight excluding hydrogens is 252 g/mol. The van der Waals surface area contributed by atoms with Crippen molar-refractivity contribution in [3.8, 4) is 5.75 Å². The van der Waals surface area contributed by atoms with Gasteiger partial charge in [0.1, 0.15) is 12.4 Å². The summed E-state index contributed by atoms with van der Waals surface area (Å²) in [5.41, 5.74) is 2.54. The van der Waals surface area contributed by atoms with Crippen molar-refractivity contribution in [2.24, 2.45) is 0 Å². The molecule has 0 atom stereocenters. The van der Waals surface area contributed by atoms with Crippen LogP contribution >= 0.6 is 0 Å². The Bertz CT molecular complexity index is 399. The summed E-state index contributed by atoms with van der Waals surface area (Å²) in [5, 5.41) is 3.17. The predicted octanol–water partition coefficient (Wildman–Crippen LogP) is 2.04. The third-order valence-electron chi connectivity index (χ3n) is 3.01. The van der Waals surface area contributed by atoms with E-state index in [2.05, 4.69) is 17.4 Å². The van der Waals surface area contributed by atoms with E-state index >= 15 is 0 Å². The van der Waals surface area contributed by atoms with Crippen LogP contribution < -0.4 is 10.1 Å². The SMILES string of the molecule is FC(F)COCCNCCc1ccc2c(c1)CCO2. The topological polar surface area (TPSA) is 30.5 Å². The number of benzene rings is 1. The number of rotatable bonds is 8. The second-order valence-corrected chi connectivity index (χ2v) is 4.51. The zero-order chi connectivity index (χ0) is 13.5. The average molecular weight is 271 g/mol. The number of fused-ring (bicyclic) bond motifs is 1. The normalized spacial score (nSPS) is 13.6. The molecule has 0 saturated carbocycles. The van der Waals surface area contributed by atoms with Crippen molar-refractivity contribution >= 4 is 0 Å². The van der Waals surface area contributed by atoms with Gasteiger partial charge < -0.3 is 14.8 Å². The smallest absolute Gasteiger partial charge is 0.261 e. The summed E-state index contributed by atoms with van der Waals surface area (Å²) in [6.45, 7) is 2.03. The lowest BCUT2D eigenvalue weighted by Crippen LogP contribution is -2.23. The molecule has 0 spiro atoms. The first-order valence-electron chi connectivity index (χ1n) is 6.57. The van der Waals surface area contributed by atoms with E-state index in [1.54, 1.807) is 0 Å². The van der Waals surface area contributed by atoms with Crippen LogP contribution in [0.25, 0.3) is 0 Å². The maximum atomic E-state index is 11.8. The summed E-state index contributed by atoms with van der Waals surface area (Å²) in [4.78, 5) is 0. The molecule has 3 nitrogen and oxygen atoms in total. The minimum absolute atomic E-state index is 0.322. The third-order valence-corrected chi connectivity index (χ3v) is 3.01. The number of ether oxygens (including phenoxy) is 2. The Labute approximate surface area is 111 Å². The Balaban J connectivity index is 1.58. The van der Waals surface area contributed by atoms with Gasteiger partial charge in [0.2, 0.25) is 0 Å². The molecular formula is C14H19F2NO2. The van der Waals surface area contributed by atoms with Crippen LogP contribution in [-0.4, -0.2) is 39.3 Å². The lowest BCUT2D eigenvalue weighted by molar-refractivity contribution is 0.0188. The number of hydrogen-bond acceptors (Lipinski definition) is 3. The van der Waals surface area contributed by atoms with E-state index in [0.717, 1.165) is 31.7 Å². The van der Waals surface area contributed by atoms with Gasteiger partial charge in [-0.3, -0.25) is 0 Å². The molecule has 1 heterocycles. The standard InChI is InChI=1S/C14H19F2NO2/c15-14(16)10-18-8-6-17-5-3-11-1-2-13-12(9-11)4-7-19-13/h1-2,9,14,17H,3-8,10H2. The van der Waals surface area contributed by atoms with Crippen LogP contribution in [0.5, 0.6) is 5.75 Å². The van der Waals surface area contributed by atoms with Crippen molar-refractivity contribution in [3.05, 3.63) is 29.3 Å². The lowest BCUT2D eigenvalue weighted by atomic mass is 10.1. The molecule has 0 aromatic heterocycles. The molecule has 1 aromatic rings. The van der Waals surface area contributed by atoms with Crippen molar-refractivity contribution < 1.29 is 18.3 Å². The van der Waals surface area contributed by atoms with Crippen molar-refractivity contribution in [1.29, 1.82) is 0 Å². The summed E-state index contributed by atoms with van der Waals surface area (Å²) in [7, 11) is 0. The minimum Gasteiger partial charge on any atom is -0.493 e. The highest BCUT2D eigenvalue weighted by Gasteiger charge is 2.11. The summed E-state index contributed by atoms with van der Waals surface area (Å²) in [6, 6.07) is 6.26. The van der Waals surface area contributed by atoms with Gasteiger partial charge in [-0.2, -0.15) is 0 Å². The summed E-state index contributed by atoms with van der Waals surface area (Å²) in [6.07, 6.45) is -0.478. The van der Waals surface area contributed by atoms with Crippen LogP contribution in [0.3, 0.4) is 0 Å². The molecule has 1 aromatic carbocycles. The van der Waals surface area contributed by atoms with E-state index in [-0.39, 0.29) is 0 Å². The maximum Gasteiger partial charge on any atom is 0.261 e. The minimum atomic E-state index is -2.38. The maximum absolute atomic E-state index is 11.8. The summed E-state index contributed by atoms with van der Waals surface area (Å²) in [5.74, 6) is 0.997. The van der Waals surface area contributed by atoms with Crippen LogP contribution in [0.1, 0.15) is 11.1 Å². The fraction of sp³-hybridized carbons (Fsp3) is 0.571. The Morgan fingerprint density at radius 3 is 3.05 bits per heavy atom. The van der Waals surface area contributed by atoms with Crippen molar-refractivity contribution in [2.45, 2.75) is 19.3 Å². The fourth-order valence-electron chi connectivity index (χ4n) is 2.07. The van der Waals surface area contributed by atoms with Gasteiger partial charge in [0.15, 0.2) is 0 Å². The van der Waals surface area contributed by atoms with Crippen LogP contribution in [0, 0.1) is 0 Å². The first-order chi connectivity index (χ1) is 9.25. The Hall–Kier alpha value is -1.20. The number of halogens is 2. The zero-order valence-corrected chi connectivity index (χ0v) is 10.8. The highest BCUT2D eigenvalue weighted by molar-refractivity contribution is 5.39. The molecule has 0 aliphatic carbocycles. The van der Waals surface area contributed by atoms with Crippen LogP contribution in [0.2, 0.25) is 0 Å². The molecule has 0 bridgehead atoms. The zero-order valence-electron chi connectivity index (χ0n) is 10.8. The first-order valence-corrected chi connectivity index (χ1v) is 6.57. The molecule has 1 aliphatic heterocycles. The Morgan fingerprint density at radius 1 is 1.32 bits per heavy atom. The van der Waals surface area contributed by atoms with Gasteiger partial charge in [-0.15, -0.1) is 0 Å². The molecule has 1 N–H and O–H groups in total. The molecule has 0 amide bonds. The third kappa shape index (κ3) is 4.76. The molecule has 2 rings (SSSR count). The van der Waals surface area contributed by atoms with Gasteiger partial charge >= 0.3 is 0 Å². The van der Waals surface area contributed by atoms with E-state index in [1.807, 2.05) is 6.07 Å². The highest BCUT2D eigenvalue weighted by atomic mass is 19.3. The van der Waals surface area contributed by atoms with E-state index in [9.17, 15) is 8.78 Å². The highest BCUT2D eigenvalue weighted by Crippen LogP contribution is 2.25. The van der Waals surface area contributed by atoms with Gasteiger partial charge in [-0.25, -0.2) is 8.78 Å². The summed E-state index contributed by atoms with van der Waals surface area (Å²) >= 11 is 0. The lowest BCUT2D eigenvalue weighted by Gasteiger charge is -2.07. The van der Waals surface area contributed by atoms with Crippen LogP contribution in [0.15, 0.2) is 18.2 Å². The van der Waals surface area contributed by atoms with E-state index in [4.69, 9.17) is 9.47 Å². The Morgan fingerprint density at radius 2 is 2.21 bits per heavy atom. The Kier molecular flexibility index (Phi) is 5.54. The first kappa shape index (κ1) is 14.2. The molecule has 5 heteroatoms. The fourth-order valence-corrected chi connectivity index (χ4v) is 2.07. The second-order valence-electron chi connectivity index (χ2n) is 4.51. The van der Waals surface area contributed by atoms with Gasteiger partial charge in [0.05, 0.1) is 13.2 Å². The predicted molar refractivity (Wildman–Crippen MR) is 69.0 cm³/mol. The van der Waals surface area contributed by atoms with E-state index in [0.29, 0.717) is 13.2 Å². The van der Waals surface area contributed by atoms with Crippen LogP contribution in [0.4, 0.5) is 8.78 Å². The van der Waals surface area contributed by atoms with Gasteiger partial charge in [0, 0.05) is 13.0 Å². The number of hydrogen-bond donors (Lipinski definition) is 1. The van der Waals surface area contributed by atoms with E-state index < -0.39 is 13.0 Å². The molecule has 106 valence electrons. The van der Waals surface area contributed by atoms with Gasteiger partial charge in [0.25, 0.3) is 6.43 Å². The summed E-state index contributed by atoms with van der Waals surface area (Å²) < 4.78 is 33.8. The molecule has 19 heavy (non-hydrogen) atoms. The molecule has 0 radical (unpaired) electrons. The molecule has 0 saturated heterocycles. The number of alkyl halides is 2. The monoisotopic (exact) mass is 271 g/mol. The van der Waals surface area contributed by atoms with Crippen molar-refractivity contribution in [3.63, 3.8) is 0 Å². The van der Waals surface area contributed by atoms with Gasteiger partial charge in [-0.05, 0) is 30.2 Å². The van der Waals surface area contributed by atoms with Gasteiger partial charge in [-0.1, -0.05) is 12.1 Å². The largest absolute Gasteiger partial charge is 0.493 e. The van der Waals surface area contributed by atoms with E-state index in [1.165, 1.54) is 11.1 Å². The quantitative estimate of drug-likeness (QED) is 0.734. The molecule has 1 aliphatic rings. The second kappa shape index (κ2) is 7.40. The van der Waals surface area contributed by atoms with Crippen molar-refractivity contribution in [1.82, 2.24) is 5.32 Å². The molecule has 0 fully saturated rings. The number of nitrogens with one attached hydrogen (secondary N) is 1. The average Bonchev–Trinajstić information content (AvgIpc) is 2.84. The van der Waals surface area contributed by atoms with Crippen molar-refractivity contribution in [2.75, 3.05) is 32.9 Å². The van der Waals surface area contributed by atoms with Crippen LogP contribution in [-0.2, 0) is 17.6 Å².